The molecule has 1 aromatic heterocycles. The number of para-hydroxylation sites is 1. The van der Waals surface area contributed by atoms with E-state index < -0.39 is 17.6 Å². The van der Waals surface area contributed by atoms with E-state index in [2.05, 4.69) is 38.8 Å². The summed E-state index contributed by atoms with van der Waals surface area (Å²) in [5.41, 5.74) is 2.27. The van der Waals surface area contributed by atoms with Crippen LogP contribution in [-0.4, -0.2) is 44.2 Å². The number of nitrogens with one attached hydrogen (secondary N) is 3. The van der Waals surface area contributed by atoms with Gasteiger partial charge in [-0.2, -0.15) is 13.2 Å². The molecule has 1 aliphatic rings. The van der Waals surface area contributed by atoms with Crippen molar-refractivity contribution >= 4 is 34.5 Å². The first-order valence-corrected chi connectivity index (χ1v) is 12.2. The average molecular weight is 514 g/mol. The van der Waals surface area contributed by atoms with Crippen molar-refractivity contribution in [1.82, 2.24) is 10.3 Å². The molecule has 4 rings (SSSR count). The van der Waals surface area contributed by atoms with Crippen molar-refractivity contribution in [2.24, 2.45) is 0 Å². The third-order valence-electron chi connectivity index (χ3n) is 6.12. The maximum Gasteiger partial charge on any atom is 0.419 e. The summed E-state index contributed by atoms with van der Waals surface area (Å²) in [6.45, 7) is 5.05. The summed E-state index contributed by atoms with van der Waals surface area (Å²) in [6, 6.07) is 13.8. The van der Waals surface area contributed by atoms with Gasteiger partial charge in [0.25, 0.3) is 5.91 Å². The SMILES string of the molecule is CCCc1cc(N2CCOCC2)ccc1Nc1cc(Nc2ccccc2C(=O)NC)c(C(F)(F)F)cn1. The Balaban J connectivity index is 1.67. The van der Waals surface area contributed by atoms with Crippen molar-refractivity contribution in [3.05, 3.63) is 71.4 Å². The van der Waals surface area contributed by atoms with Gasteiger partial charge in [-0.1, -0.05) is 25.5 Å². The van der Waals surface area contributed by atoms with Gasteiger partial charge in [0.1, 0.15) is 5.82 Å². The Labute approximate surface area is 214 Å². The highest BCUT2D eigenvalue weighted by Gasteiger charge is 2.34. The Morgan fingerprint density at radius 2 is 1.78 bits per heavy atom. The molecule has 0 atom stereocenters. The Hall–Kier alpha value is -3.79. The van der Waals surface area contributed by atoms with E-state index in [4.69, 9.17) is 4.74 Å². The highest BCUT2D eigenvalue weighted by atomic mass is 19.4. The largest absolute Gasteiger partial charge is 0.419 e. The van der Waals surface area contributed by atoms with Crippen molar-refractivity contribution in [3.8, 4) is 0 Å². The van der Waals surface area contributed by atoms with E-state index in [-0.39, 0.29) is 22.8 Å². The van der Waals surface area contributed by atoms with Crippen LogP contribution in [0, 0.1) is 0 Å². The van der Waals surface area contributed by atoms with Gasteiger partial charge in [-0.15, -0.1) is 0 Å². The van der Waals surface area contributed by atoms with Crippen molar-refractivity contribution in [2.45, 2.75) is 25.9 Å². The van der Waals surface area contributed by atoms with Crippen LogP contribution in [0.4, 0.5) is 41.7 Å². The second-order valence-electron chi connectivity index (χ2n) is 8.68. The molecule has 2 aromatic carbocycles. The molecule has 3 N–H and O–H groups in total. The van der Waals surface area contributed by atoms with E-state index in [0.29, 0.717) is 13.2 Å². The molecule has 1 fully saturated rings. The zero-order chi connectivity index (χ0) is 26.4. The highest BCUT2D eigenvalue weighted by molar-refractivity contribution is 6.00. The summed E-state index contributed by atoms with van der Waals surface area (Å²) in [7, 11) is 1.47. The van der Waals surface area contributed by atoms with E-state index >= 15 is 0 Å². The molecule has 0 radical (unpaired) electrons. The number of carbonyl (C=O) groups is 1. The standard InChI is InChI=1S/C27H30F3N5O2/c1-3-6-18-15-19(35-11-13-37-14-12-35)9-10-22(18)34-25-16-24(21(17-32-25)27(28,29)30)33-23-8-5-4-7-20(23)26(36)31-2/h4-5,7-10,15-17H,3,6,11-14H2,1-2H3,(H,31,36)(H2,32,33,34). The third-order valence-corrected chi connectivity index (χ3v) is 6.12. The topological polar surface area (TPSA) is 78.5 Å². The minimum Gasteiger partial charge on any atom is -0.378 e. The first kappa shape index (κ1) is 26.3. The molecule has 196 valence electrons. The molecule has 0 aliphatic carbocycles. The first-order chi connectivity index (χ1) is 17.8. The molecule has 3 aromatic rings. The summed E-state index contributed by atoms with van der Waals surface area (Å²) >= 11 is 0. The number of anilines is 5. The van der Waals surface area contributed by atoms with Crippen LogP contribution in [-0.2, 0) is 17.3 Å². The Kier molecular flexibility index (Phi) is 8.17. The van der Waals surface area contributed by atoms with Gasteiger partial charge < -0.3 is 25.6 Å². The van der Waals surface area contributed by atoms with E-state index in [9.17, 15) is 18.0 Å². The highest BCUT2D eigenvalue weighted by Crippen LogP contribution is 2.38. The number of morpholine rings is 1. The number of alkyl halides is 3. The Morgan fingerprint density at radius 3 is 2.49 bits per heavy atom. The number of hydrogen-bond acceptors (Lipinski definition) is 6. The lowest BCUT2D eigenvalue weighted by atomic mass is 10.1. The number of amides is 1. The molecule has 1 saturated heterocycles. The number of ether oxygens (including phenoxy) is 1. The summed E-state index contributed by atoms with van der Waals surface area (Å²) < 4.78 is 46.9. The van der Waals surface area contributed by atoms with E-state index in [1.54, 1.807) is 24.3 Å². The van der Waals surface area contributed by atoms with Crippen LogP contribution < -0.4 is 20.9 Å². The number of benzene rings is 2. The predicted octanol–water partition coefficient (Wildman–Crippen LogP) is 5.74. The van der Waals surface area contributed by atoms with Crippen LogP contribution in [0.2, 0.25) is 0 Å². The molecular weight excluding hydrogens is 483 g/mol. The maximum atomic E-state index is 13.8. The number of carbonyl (C=O) groups excluding carboxylic acids is 1. The molecule has 0 saturated carbocycles. The average Bonchev–Trinajstić information content (AvgIpc) is 2.89. The monoisotopic (exact) mass is 513 g/mol. The molecule has 0 bridgehead atoms. The molecule has 2 heterocycles. The second-order valence-corrected chi connectivity index (χ2v) is 8.68. The summed E-state index contributed by atoms with van der Waals surface area (Å²) in [5.74, 6) is -0.155. The third kappa shape index (κ3) is 6.32. The number of aryl methyl sites for hydroxylation is 1. The fourth-order valence-corrected chi connectivity index (χ4v) is 4.26. The molecule has 37 heavy (non-hydrogen) atoms. The lowest BCUT2D eigenvalue weighted by Crippen LogP contribution is -2.36. The predicted molar refractivity (Wildman–Crippen MR) is 139 cm³/mol. The molecule has 7 nitrogen and oxygen atoms in total. The normalized spacial score (nSPS) is 13.8. The Bertz CT molecular complexity index is 1240. The van der Waals surface area contributed by atoms with E-state index in [1.165, 1.54) is 13.1 Å². The lowest BCUT2D eigenvalue weighted by Gasteiger charge is -2.29. The summed E-state index contributed by atoms with van der Waals surface area (Å²) in [6.07, 6.45) is -2.13. The van der Waals surface area contributed by atoms with Gasteiger partial charge in [0.2, 0.25) is 0 Å². The molecule has 10 heteroatoms. The van der Waals surface area contributed by atoms with Gasteiger partial charge in [-0.25, -0.2) is 4.98 Å². The molecule has 1 amide bonds. The van der Waals surface area contributed by atoms with Crippen molar-refractivity contribution < 1.29 is 22.7 Å². The van der Waals surface area contributed by atoms with Gasteiger partial charge >= 0.3 is 6.18 Å². The minimum atomic E-state index is -4.64. The molecule has 0 spiro atoms. The number of hydrogen-bond donors (Lipinski definition) is 3. The Morgan fingerprint density at radius 1 is 1.03 bits per heavy atom. The van der Waals surface area contributed by atoms with Crippen molar-refractivity contribution in [3.63, 3.8) is 0 Å². The van der Waals surface area contributed by atoms with Crippen LogP contribution >= 0.6 is 0 Å². The van der Waals surface area contributed by atoms with E-state index in [0.717, 1.165) is 49.1 Å². The van der Waals surface area contributed by atoms with Gasteiger partial charge in [-0.3, -0.25) is 4.79 Å². The number of aromatic nitrogens is 1. The zero-order valence-electron chi connectivity index (χ0n) is 20.8. The van der Waals surface area contributed by atoms with Crippen LogP contribution in [0.25, 0.3) is 0 Å². The van der Waals surface area contributed by atoms with Crippen molar-refractivity contribution in [2.75, 3.05) is 48.9 Å². The van der Waals surface area contributed by atoms with Crippen LogP contribution in [0.5, 0.6) is 0 Å². The van der Waals surface area contributed by atoms with Gasteiger partial charge in [0.15, 0.2) is 0 Å². The smallest absolute Gasteiger partial charge is 0.378 e. The minimum absolute atomic E-state index is 0.205. The quantitative estimate of drug-likeness (QED) is 0.357. The zero-order valence-corrected chi connectivity index (χ0v) is 20.8. The number of pyridine rings is 1. The van der Waals surface area contributed by atoms with Gasteiger partial charge in [0, 0.05) is 43.8 Å². The number of halogens is 3. The van der Waals surface area contributed by atoms with E-state index in [1.807, 2.05) is 12.1 Å². The first-order valence-electron chi connectivity index (χ1n) is 12.2. The lowest BCUT2D eigenvalue weighted by molar-refractivity contribution is -0.137. The van der Waals surface area contributed by atoms with Gasteiger partial charge in [0.05, 0.1) is 35.7 Å². The summed E-state index contributed by atoms with van der Waals surface area (Å²) in [4.78, 5) is 18.6. The van der Waals surface area contributed by atoms with Crippen LogP contribution in [0.15, 0.2) is 54.7 Å². The molecule has 1 aliphatic heterocycles. The fourth-order valence-electron chi connectivity index (χ4n) is 4.26. The fraction of sp³-hybridized carbons (Fsp3) is 0.333. The summed E-state index contributed by atoms with van der Waals surface area (Å²) in [5, 5.41) is 8.51. The molecular formula is C27H30F3N5O2. The number of rotatable bonds is 8. The number of nitrogens with zero attached hydrogens (tertiary/aromatic N) is 2. The van der Waals surface area contributed by atoms with Crippen molar-refractivity contribution in [1.29, 1.82) is 0 Å². The van der Waals surface area contributed by atoms with Gasteiger partial charge in [-0.05, 0) is 42.3 Å². The maximum absolute atomic E-state index is 13.8. The molecule has 0 unspecified atom stereocenters. The van der Waals surface area contributed by atoms with Crippen LogP contribution in [0.3, 0.4) is 0 Å². The second kappa shape index (κ2) is 11.5. The van der Waals surface area contributed by atoms with Crippen LogP contribution in [0.1, 0.15) is 34.8 Å².